The number of rotatable bonds is 0. The van der Waals surface area contributed by atoms with Crippen LogP contribution >= 0.6 is 0 Å². The zero-order valence-electron chi connectivity index (χ0n) is 5.54. The Morgan fingerprint density at radius 1 is 1.00 bits per heavy atom. The summed E-state index contributed by atoms with van der Waals surface area (Å²) in [4.78, 5) is 0. The normalized spacial score (nSPS) is 22.0. The fourth-order valence-corrected chi connectivity index (χ4v) is 0.710. The second kappa shape index (κ2) is 2.19. The van der Waals surface area contributed by atoms with Gasteiger partial charge in [0.15, 0.2) is 0 Å². The van der Waals surface area contributed by atoms with E-state index in [1.165, 1.54) is 0 Å². The van der Waals surface area contributed by atoms with Gasteiger partial charge in [-0.1, -0.05) is 36.5 Å². The molecule has 0 spiro atoms. The maximum Gasteiger partial charge on any atom is 0.0502 e. The van der Waals surface area contributed by atoms with Gasteiger partial charge < -0.3 is 5.73 Å². The first-order valence-corrected chi connectivity index (χ1v) is 3.03. The average Bonchev–Trinajstić information content (AvgIpc) is 1.92. The summed E-state index contributed by atoms with van der Waals surface area (Å²) in [5, 5.41) is 0. The Kier molecular flexibility index (Phi) is 1.54. The van der Waals surface area contributed by atoms with E-state index in [4.69, 9.17) is 5.73 Å². The summed E-state index contributed by atoms with van der Waals surface area (Å²) in [5.41, 5.74) is 5.50. The SMILES string of the molecule is CC1(N)C=CC=CC=C1. The molecule has 0 aromatic carbocycles. The molecular formula is C8H11N. The minimum atomic E-state index is -0.260. The van der Waals surface area contributed by atoms with Crippen LogP contribution in [-0.2, 0) is 0 Å². The molecule has 0 aliphatic heterocycles. The predicted octanol–water partition coefficient (Wildman–Crippen LogP) is 1.39. The van der Waals surface area contributed by atoms with Crippen LogP contribution in [0.25, 0.3) is 0 Å². The van der Waals surface area contributed by atoms with Crippen LogP contribution in [0.2, 0.25) is 0 Å². The van der Waals surface area contributed by atoms with E-state index in [0.29, 0.717) is 0 Å². The molecule has 0 fully saturated rings. The predicted molar refractivity (Wildman–Crippen MR) is 40.0 cm³/mol. The lowest BCUT2D eigenvalue weighted by Crippen LogP contribution is -2.30. The minimum Gasteiger partial charge on any atom is -0.319 e. The Bertz CT molecular complexity index is 155. The van der Waals surface area contributed by atoms with Crippen molar-refractivity contribution in [3.8, 4) is 0 Å². The smallest absolute Gasteiger partial charge is 0.0502 e. The lowest BCUT2D eigenvalue weighted by atomic mass is 10.0. The zero-order chi connectivity index (χ0) is 6.74. The van der Waals surface area contributed by atoms with Crippen molar-refractivity contribution in [3.05, 3.63) is 36.5 Å². The van der Waals surface area contributed by atoms with Crippen molar-refractivity contribution in [3.63, 3.8) is 0 Å². The van der Waals surface area contributed by atoms with Gasteiger partial charge in [-0.3, -0.25) is 0 Å². The first-order valence-electron chi connectivity index (χ1n) is 3.03. The van der Waals surface area contributed by atoms with E-state index < -0.39 is 0 Å². The van der Waals surface area contributed by atoms with Crippen LogP contribution in [0.15, 0.2) is 36.5 Å². The highest BCUT2D eigenvalue weighted by Crippen LogP contribution is 2.06. The van der Waals surface area contributed by atoms with Crippen molar-refractivity contribution in [2.45, 2.75) is 12.5 Å². The summed E-state index contributed by atoms with van der Waals surface area (Å²) in [5.74, 6) is 0. The van der Waals surface area contributed by atoms with Crippen molar-refractivity contribution in [2.75, 3.05) is 0 Å². The molecule has 0 atom stereocenters. The van der Waals surface area contributed by atoms with E-state index in [1.807, 2.05) is 43.4 Å². The largest absolute Gasteiger partial charge is 0.319 e. The molecule has 0 saturated carbocycles. The Labute approximate surface area is 55.6 Å². The summed E-state index contributed by atoms with van der Waals surface area (Å²) >= 11 is 0. The monoisotopic (exact) mass is 121 g/mol. The second-order valence-electron chi connectivity index (χ2n) is 2.47. The minimum absolute atomic E-state index is 0.260. The second-order valence-corrected chi connectivity index (χ2v) is 2.47. The van der Waals surface area contributed by atoms with Crippen LogP contribution in [0.3, 0.4) is 0 Å². The fraction of sp³-hybridized carbons (Fsp3) is 0.250. The van der Waals surface area contributed by atoms with Crippen LogP contribution in [0, 0.1) is 0 Å². The van der Waals surface area contributed by atoms with Crippen molar-refractivity contribution >= 4 is 0 Å². The summed E-state index contributed by atoms with van der Waals surface area (Å²) < 4.78 is 0. The van der Waals surface area contributed by atoms with Gasteiger partial charge in [0.25, 0.3) is 0 Å². The molecule has 1 nitrogen and oxygen atoms in total. The molecule has 1 aliphatic rings. The Morgan fingerprint density at radius 3 is 1.89 bits per heavy atom. The standard InChI is InChI=1S/C8H11N/c1-8(9)6-4-2-3-5-7-8/h2-7H,9H2,1H3. The van der Waals surface area contributed by atoms with Gasteiger partial charge in [-0.05, 0) is 6.92 Å². The number of hydrogen-bond donors (Lipinski definition) is 1. The molecule has 0 heterocycles. The van der Waals surface area contributed by atoms with Gasteiger partial charge in [-0.2, -0.15) is 0 Å². The van der Waals surface area contributed by atoms with Gasteiger partial charge in [-0.25, -0.2) is 0 Å². The van der Waals surface area contributed by atoms with Crippen LogP contribution in [-0.4, -0.2) is 5.54 Å². The quantitative estimate of drug-likeness (QED) is 0.515. The van der Waals surface area contributed by atoms with Crippen LogP contribution in [0.4, 0.5) is 0 Å². The number of hydrogen-bond acceptors (Lipinski definition) is 1. The molecule has 0 amide bonds. The van der Waals surface area contributed by atoms with Gasteiger partial charge in [-0.15, -0.1) is 0 Å². The molecule has 2 N–H and O–H groups in total. The van der Waals surface area contributed by atoms with Crippen molar-refractivity contribution in [1.29, 1.82) is 0 Å². The topological polar surface area (TPSA) is 26.0 Å². The van der Waals surface area contributed by atoms with Gasteiger partial charge in [0.05, 0.1) is 5.54 Å². The van der Waals surface area contributed by atoms with Gasteiger partial charge >= 0.3 is 0 Å². The lowest BCUT2D eigenvalue weighted by Gasteiger charge is -2.12. The molecule has 0 bridgehead atoms. The van der Waals surface area contributed by atoms with E-state index >= 15 is 0 Å². The third-order valence-corrected chi connectivity index (χ3v) is 1.24. The van der Waals surface area contributed by atoms with Gasteiger partial charge in [0.2, 0.25) is 0 Å². The lowest BCUT2D eigenvalue weighted by molar-refractivity contribution is 0.736. The van der Waals surface area contributed by atoms with Crippen LogP contribution in [0.5, 0.6) is 0 Å². The van der Waals surface area contributed by atoms with Crippen molar-refractivity contribution < 1.29 is 0 Å². The molecular weight excluding hydrogens is 110 g/mol. The van der Waals surface area contributed by atoms with E-state index in [-0.39, 0.29) is 5.54 Å². The summed E-state index contributed by atoms with van der Waals surface area (Å²) in [7, 11) is 0. The molecule has 0 unspecified atom stereocenters. The molecule has 1 heteroatoms. The number of allylic oxidation sites excluding steroid dienone is 4. The maximum absolute atomic E-state index is 5.76. The molecule has 1 rings (SSSR count). The average molecular weight is 121 g/mol. The first-order chi connectivity index (χ1) is 4.21. The maximum atomic E-state index is 5.76. The van der Waals surface area contributed by atoms with Crippen molar-refractivity contribution in [1.82, 2.24) is 0 Å². The molecule has 48 valence electrons. The summed E-state index contributed by atoms with van der Waals surface area (Å²) in [6, 6.07) is 0. The van der Waals surface area contributed by atoms with E-state index in [2.05, 4.69) is 0 Å². The third-order valence-electron chi connectivity index (χ3n) is 1.24. The Balaban J connectivity index is 2.82. The molecule has 9 heavy (non-hydrogen) atoms. The first kappa shape index (κ1) is 6.30. The molecule has 1 aliphatic carbocycles. The highest BCUT2D eigenvalue weighted by Gasteiger charge is 2.07. The highest BCUT2D eigenvalue weighted by molar-refractivity contribution is 5.26. The van der Waals surface area contributed by atoms with Crippen molar-refractivity contribution in [2.24, 2.45) is 5.73 Å². The fourth-order valence-electron chi connectivity index (χ4n) is 0.710. The highest BCUT2D eigenvalue weighted by atomic mass is 14.7. The van der Waals surface area contributed by atoms with E-state index in [0.717, 1.165) is 0 Å². The summed E-state index contributed by atoms with van der Waals surface area (Å²) in [6.07, 6.45) is 11.8. The van der Waals surface area contributed by atoms with E-state index in [9.17, 15) is 0 Å². The molecule has 0 radical (unpaired) electrons. The van der Waals surface area contributed by atoms with E-state index in [1.54, 1.807) is 0 Å². The number of nitrogens with two attached hydrogens (primary N) is 1. The Hall–Kier alpha value is -0.820. The summed E-state index contributed by atoms with van der Waals surface area (Å²) in [6.45, 7) is 1.97. The Morgan fingerprint density at radius 2 is 1.44 bits per heavy atom. The molecule has 0 saturated heterocycles. The van der Waals surface area contributed by atoms with Gasteiger partial charge in [0.1, 0.15) is 0 Å². The third kappa shape index (κ3) is 1.86. The zero-order valence-corrected chi connectivity index (χ0v) is 5.54. The van der Waals surface area contributed by atoms with Crippen LogP contribution in [0.1, 0.15) is 6.92 Å². The molecule has 0 aromatic heterocycles. The molecule has 0 aromatic rings. The van der Waals surface area contributed by atoms with Crippen LogP contribution < -0.4 is 5.73 Å². The van der Waals surface area contributed by atoms with Gasteiger partial charge in [0, 0.05) is 0 Å².